The van der Waals surface area contributed by atoms with Crippen LogP contribution in [0, 0.1) is 30.1 Å². The molecule has 1 atom stereocenters. The Morgan fingerprint density at radius 1 is 1.00 bits per heavy atom. The van der Waals surface area contributed by atoms with E-state index in [0.717, 1.165) is 23.8 Å². The van der Waals surface area contributed by atoms with Gasteiger partial charge in [0.05, 0.1) is 0 Å². The number of fused-ring (bicyclic) bond motifs is 1. The molecule has 5 aliphatic rings. The molecular formula is C19H25N. The third-order valence-corrected chi connectivity index (χ3v) is 6.93. The largest absolute Gasteiger partial charge is 0.381 e. The molecule has 4 aliphatic carbocycles. The van der Waals surface area contributed by atoms with Gasteiger partial charge in [0.2, 0.25) is 0 Å². The Bertz CT molecular complexity index is 524. The molecule has 0 saturated heterocycles. The highest BCUT2D eigenvalue weighted by molar-refractivity contribution is 5.62. The molecule has 1 aromatic carbocycles. The molecule has 1 N–H and O–H groups in total. The first-order valence-corrected chi connectivity index (χ1v) is 8.57. The van der Waals surface area contributed by atoms with Gasteiger partial charge in [-0.05, 0) is 86.2 Å². The van der Waals surface area contributed by atoms with Crippen LogP contribution in [0.5, 0.6) is 0 Å². The highest BCUT2D eigenvalue weighted by Gasteiger charge is 2.55. The maximum absolute atomic E-state index is 3.96. The van der Waals surface area contributed by atoms with Gasteiger partial charge in [-0.25, -0.2) is 0 Å². The van der Waals surface area contributed by atoms with Gasteiger partial charge in [-0.2, -0.15) is 0 Å². The Kier molecular flexibility index (Phi) is 2.22. The molecule has 1 heteroatoms. The van der Waals surface area contributed by atoms with Gasteiger partial charge >= 0.3 is 0 Å². The summed E-state index contributed by atoms with van der Waals surface area (Å²) in [6, 6.07) is 7.56. The quantitative estimate of drug-likeness (QED) is 0.787. The number of anilines is 1. The average Bonchev–Trinajstić information content (AvgIpc) is 2.83. The van der Waals surface area contributed by atoms with Crippen LogP contribution in [0.3, 0.4) is 0 Å². The van der Waals surface area contributed by atoms with Crippen molar-refractivity contribution in [2.45, 2.75) is 57.9 Å². The predicted molar refractivity (Wildman–Crippen MR) is 82.9 cm³/mol. The Hall–Kier alpha value is -0.980. The van der Waals surface area contributed by atoms with E-state index >= 15 is 0 Å². The number of hydrogen-bond donors (Lipinski definition) is 1. The van der Waals surface area contributed by atoms with Crippen LogP contribution in [0.15, 0.2) is 18.2 Å². The van der Waals surface area contributed by atoms with Crippen LogP contribution >= 0.6 is 0 Å². The van der Waals surface area contributed by atoms with E-state index in [1.165, 1.54) is 36.9 Å². The van der Waals surface area contributed by atoms with Gasteiger partial charge in [0.15, 0.2) is 0 Å². The molecule has 1 nitrogen and oxygen atoms in total. The van der Waals surface area contributed by atoms with Gasteiger partial charge in [0, 0.05) is 11.7 Å². The van der Waals surface area contributed by atoms with Crippen LogP contribution in [0.25, 0.3) is 0 Å². The third-order valence-electron chi connectivity index (χ3n) is 6.93. The second-order valence-corrected chi connectivity index (χ2v) is 8.29. The lowest BCUT2D eigenvalue weighted by Gasteiger charge is -2.59. The Labute approximate surface area is 122 Å². The topological polar surface area (TPSA) is 12.0 Å². The molecule has 6 rings (SSSR count). The van der Waals surface area contributed by atoms with Crippen LogP contribution < -0.4 is 5.32 Å². The summed E-state index contributed by atoms with van der Waals surface area (Å²) in [7, 11) is 0. The van der Waals surface area contributed by atoms with Crippen molar-refractivity contribution >= 4 is 5.69 Å². The molecule has 1 aromatic rings. The zero-order valence-electron chi connectivity index (χ0n) is 12.5. The van der Waals surface area contributed by atoms with E-state index in [4.69, 9.17) is 0 Å². The van der Waals surface area contributed by atoms with Gasteiger partial charge in [-0.1, -0.05) is 18.2 Å². The number of hydrogen-bond acceptors (Lipinski definition) is 1. The van der Waals surface area contributed by atoms with Crippen molar-refractivity contribution in [1.29, 1.82) is 0 Å². The van der Waals surface area contributed by atoms with Crippen LogP contribution in [0.4, 0.5) is 5.69 Å². The highest BCUT2D eigenvalue weighted by atomic mass is 15.0. The van der Waals surface area contributed by atoms with Crippen LogP contribution in [-0.4, -0.2) is 6.04 Å². The molecule has 0 spiro atoms. The summed E-state index contributed by atoms with van der Waals surface area (Å²) < 4.78 is 0. The number of aryl methyl sites for hydroxylation is 1. The second kappa shape index (κ2) is 3.81. The van der Waals surface area contributed by atoms with E-state index in [-0.39, 0.29) is 0 Å². The number of nitrogens with one attached hydrogen (secondary N) is 1. The van der Waals surface area contributed by atoms with Gasteiger partial charge in [0.1, 0.15) is 0 Å². The standard InChI is InChI=1S/C19H25N/c1-12-3-2-4-16-8-17(20-18(12)16)19-9-13-5-14(10-19)7-15(6-13)11-19/h2-4,13-15,17,20H,5-11H2,1H3. The fraction of sp³-hybridized carbons (Fsp3) is 0.684. The van der Waals surface area contributed by atoms with Crippen molar-refractivity contribution in [1.82, 2.24) is 0 Å². The lowest BCUT2D eigenvalue weighted by atomic mass is 9.47. The van der Waals surface area contributed by atoms with Crippen LogP contribution in [0.1, 0.15) is 49.7 Å². The van der Waals surface area contributed by atoms with Gasteiger partial charge < -0.3 is 5.32 Å². The van der Waals surface area contributed by atoms with Crippen molar-refractivity contribution in [3.05, 3.63) is 29.3 Å². The molecular weight excluding hydrogens is 242 g/mol. The predicted octanol–water partition coefficient (Wildman–Crippen LogP) is 4.55. The molecule has 106 valence electrons. The highest BCUT2D eigenvalue weighted by Crippen LogP contribution is 2.62. The summed E-state index contributed by atoms with van der Waals surface area (Å²) in [5.74, 6) is 3.19. The monoisotopic (exact) mass is 267 g/mol. The molecule has 1 aliphatic heterocycles. The van der Waals surface area contributed by atoms with Crippen molar-refractivity contribution in [3.8, 4) is 0 Å². The zero-order chi connectivity index (χ0) is 13.3. The van der Waals surface area contributed by atoms with Gasteiger partial charge in [-0.15, -0.1) is 0 Å². The molecule has 4 fully saturated rings. The fourth-order valence-corrected chi connectivity index (χ4v) is 6.52. The lowest BCUT2D eigenvalue weighted by molar-refractivity contribution is -0.0619. The Morgan fingerprint density at radius 3 is 2.25 bits per heavy atom. The molecule has 4 bridgehead atoms. The van der Waals surface area contributed by atoms with Crippen molar-refractivity contribution in [2.75, 3.05) is 5.32 Å². The summed E-state index contributed by atoms with van der Waals surface area (Å²) >= 11 is 0. The normalized spacial score (nSPS) is 44.5. The molecule has 20 heavy (non-hydrogen) atoms. The molecule has 1 heterocycles. The van der Waals surface area contributed by atoms with Crippen LogP contribution in [0.2, 0.25) is 0 Å². The smallest absolute Gasteiger partial charge is 0.0405 e. The summed E-state index contributed by atoms with van der Waals surface area (Å²) in [6.45, 7) is 2.26. The fourth-order valence-electron chi connectivity index (χ4n) is 6.52. The van der Waals surface area contributed by atoms with E-state index in [2.05, 4.69) is 30.4 Å². The molecule has 1 unspecified atom stereocenters. The Balaban J connectivity index is 1.49. The first-order valence-electron chi connectivity index (χ1n) is 8.57. The second-order valence-electron chi connectivity index (χ2n) is 8.29. The molecule has 0 aromatic heterocycles. The minimum atomic E-state index is 0.639. The Morgan fingerprint density at radius 2 is 1.65 bits per heavy atom. The van der Waals surface area contributed by atoms with Gasteiger partial charge in [0.25, 0.3) is 0 Å². The first kappa shape index (κ1) is 11.7. The summed E-state index contributed by atoms with van der Waals surface area (Å²) in [4.78, 5) is 0. The number of rotatable bonds is 1. The maximum Gasteiger partial charge on any atom is 0.0405 e. The zero-order valence-corrected chi connectivity index (χ0v) is 12.5. The van der Waals surface area contributed by atoms with Gasteiger partial charge in [-0.3, -0.25) is 0 Å². The summed E-state index contributed by atoms with van der Waals surface area (Å²) in [6.07, 6.45) is 10.5. The van der Waals surface area contributed by atoms with Crippen molar-refractivity contribution < 1.29 is 0 Å². The molecule has 4 saturated carbocycles. The van der Waals surface area contributed by atoms with E-state index in [1.54, 1.807) is 24.8 Å². The number of para-hydroxylation sites is 1. The molecule has 0 amide bonds. The third kappa shape index (κ3) is 1.50. The molecule has 0 radical (unpaired) electrons. The van der Waals surface area contributed by atoms with E-state index in [1.807, 2.05) is 0 Å². The van der Waals surface area contributed by atoms with E-state index in [0.29, 0.717) is 5.41 Å². The average molecular weight is 267 g/mol. The van der Waals surface area contributed by atoms with E-state index < -0.39 is 0 Å². The minimum absolute atomic E-state index is 0.639. The minimum Gasteiger partial charge on any atom is -0.381 e. The van der Waals surface area contributed by atoms with Crippen LogP contribution in [-0.2, 0) is 6.42 Å². The summed E-state index contributed by atoms with van der Waals surface area (Å²) in [5, 5.41) is 3.96. The first-order chi connectivity index (χ1) is 9.72. The van der Waals surface area contributed by atoms with Crippen molar-refractivity contribution in [2.24, 2.45) is 23.2 Å². The maximum atomic E-state index is 3.96. The van der Waals surface area contributed by atoms with Crippen molar-refractivity contribution in [3.63, 3.8) is 0 Å². The number of benzene rings is 1. The van der Waals surface area contributed by atoms with E-state index in [9.17, 15) is 0 Å². The SMILES string of the molecule is Cc1cccc2c1NC(C13CC4CC(CC(C4)C1)C3)C2. The summed E-state index contributed by atoms with van der Waals surface area (Å²) in [5.41, 5.74) is 5.12. The lowest BCUT2D eigenvalue weighted by Crippen LogP contribution is -2.53.